The normalized spacial score (nSPS) is 15.8. The number of sulfonamides is 1. The van der Waals surface area contributed by atoms with Gasteiger partial charge in [-0.25, -0.2) is 12.8 Å². The zero-order valence-corrected chi connectivity index (χ0v) is 13.6. The summed E-state index contributed by atoms with van der Waals surface area (Å²) in [6.45, 7) is -0.382. The van der Waals surface area contributed by atoms with Gasteiger partial charge in [0.05, 0.1) is 11.9 Å². The van der Waals surface area contributed by atoms with Crippen LogP contribution in [0.1, 0.15) is 25.7 Å². The molecule has 2 rings (SSSR count). The van der Waals surface area contributed by atoms with Gasteiger partial charge in [0.15, 0.2) is 0 Å². The van der Waals surface area contributed by atoms with E-state index < -0.39 is 15.8 Å². The highest BCUT2D eigenvalue weighted by Gasteiger charge is 2.28. The zero-order chi connectivity index (χ0) is 16.3. The number of likely N-dealkylation sites (N-methyl/N-ethyl adjacent to an activating group) is 1. The van der Waals surface area contributed by atoms with Crippen molar-refractivity contribution < 1.29 is 17.6 Å². The molecule has 1 aromatic carbocycles. The van der Waals surface area contributed by atoms with Gasteiger partial charge in [0, 0.05) is 13.1 Å². The molecule has 0 radical (unpaired) electrons. The highest BCUT2D eigenvalue weighted by atomic mass is 32.2. The minimum Gasteiger partial charge on any atom is -0.341 e. The summed E-state index contributed by atoms with van der Waals surface area (Å²) in [5.74, 6) is -0.982. The summed E-state index contributed by atoms with van der Waals surface area (Å²) in [7, 11) is -2.07. The van der Waals surface area contributed by atoms with E-state index in [1.165, 1.54) is 18.2 Å². The molecule has 0 saturated heterocycles. The molecule has 0 unspecified atom stereocenters. The molecule has 1 saturated carbocycles. The summed E-state index contributed by atoms with van der Waals surface area (Å²) in [5.41, 5.74) is -0.0989. The lowest BCUT2D eigenvalue weighted by Gasteiger charge is -2.28. The smallest absolute Gasteiger partial charge is 0.243 e. The molecule has 1 aromatic rings. The molecule has 0 heterocycles. The maximum absolute atomic E-state index is 13.9. The molecule has 1 aliphatic rings. The van der Waals surface area contributed by atoms with Crippen molar-refractivity contribution in [2.45, 2.75) is 31.7 Å². The highest BCUT2D eigenvalue weighted by molar-refractivity contribution is 7.92. The fraction of sp³-hybridized carbons (Fsp3) is 0.533. The summed E-state index contributed by atoms with van der Waals surface area (Å²) in [6.07, 6.45) is 4.99. The number of rotatable bonds is 5. The predicted octanol–water partition coefficient (Wildman–Crippen LogP) is 1.99. The summed E-state index contributed by atoms with van der Waals surface area (Å²) in [4.78, 5) is 14.0. The third-order valence-corrected chi connectivity index (χ3v) is 5.19. The Bertz CT molecular complexity index is 642. The van der Waals surface area contributed by atoms with Crippen LogP contribution in [0.15, 0.2) is 24.3 Å². The van der Waals surface area contributed by atoms with Crippen molar-refractivity contribution in [1.82, 2.24) is 4.90 Å². The Morgan fingerprint density at radius 3 is 2.41 bits per heavy atom. The van der Waals surface area contributed by atoms with Crippen molar-refractivity contribution >= 4 is 21.6 Å². The molecule has 0 N–H and O–H groups in total. The molecule has 1 aliphatic carbocycles. The first kappa shape index (κ1) is 16.7. The largest absolute Gasteiger partial charge is 0.341 e. The Balaban J connectivity index is 2.21. The average Bonchev–Trinajstić information content (AvgIpc) is 2.97. The molecule has 1 fully saturated rings. The van der Waals surface area contributed by atoms with Gasteiger partial charge in [0.1, 0.15) is 12.4 Å². The molecule has 0 atom stereocenters. The van der Waals surface area contributed by atoms with E-state index in [2.05, 4.69) is 0 Å². The molecule has 122 valence electrons. The van der Waals surface area contributed by atoms with Crippen LogP contribution >= 0.6 is 0 Å². The lowest BCUT2D eigenvalue weighted by atomic mass is 10.2. The van der Waals surface area contributed by atoms with Crippen LogP contribution in [0.2, 0.25) is 0 Å². The van der Waals surface area contributed by atoms with Gasteiger partial charge in [-0.3, -0.25) is 9.10 Å². The summed E-state index contributed by atoms with van der Waals surface area (Å²) in [6, 6.07) is 5.71. The van der Waals surface area contributed by atoms with Crippen molar-refractivity contribution in [2.24, 2.45) is 0 Å². The fourth-order valence-corrected chi connectivity index (χ4v) is 3.61. The second-order valence-electron chi connectivity index (χ2n) is 5.66. The molecular formula is C15H21FN2O3S. The van der Waals surface area contributed by atoms with Crippen molar-refractivity contribution in [2.75, 3.05) is 24.2 Å². The maximum atomic E-state index is 13.9. The van der Waals surface area contributed by atoms with Crippen LogP contribution < -0.4 is 4.31 Å². The van der Waals surface area contributed by atoms with Gasteiger partial charge in [-0.15, -0.1) is 0 Å². The number of para-hydroxylation sites is 1. The molecule has 7 heteroatoms. The first-order chi connectivity index (χ1) is 10.3. The molecule has 0 bridgehead atoms. The van der Waals surface area contributed by atoms with Crippen molar-refractivity contribution in [3.05, 3.63) is 30.1 Å². The first-order valence-corrected chi connectivity index (χ1v) is 9.13. The van der Waals surface area contributed by atoms with E-state index in [-0.39, 0.29) is 24.2 Å². The Kier molecular flexibility index (Phi) is 5.05. The fourth-order valence-electron chi connectivity index (χ4n) is 2.76. The predicted molar refractivity (Wildman–Crippen MR) is 83.6 cm³/mol. The van der Waals surface area contributed by atoms with E-state index in [1.807, 2.05) is 0 Å². The van der Waals surface area contributed by atoms with Gasteiger partial charge in [0.25, 0.3) is 0 Å². The second kappa shape index (κ2) is 6.64. The number of anilines is 1. The van der Waals surface area contributed by atoms with E-state index in [0.29, 0.717) is 0 Å². The van der Waals surface area contributed by atoms with Gasteiger partial charge in [-0.1, -0.05) is 25.0 Å². The van der Waals surface area contributed by atoms with Gasteiger partial charge in [-0.05, 0) is 25.0 Å². The summed E-state index contributed by atoms with van der Waals surface area (Å²) >= 11 is 0. The molecular weight excluding hydrogens is 307 g/mol. The number of hydrogen-bond acceptors (Lipinski definition) is 3. The van der Waals surface area contributed by atoms with Crippen LogP contribution in [0.25, 0.3) is 0 Å². The van der Waals surface area contributed by atoms with Crippen LogP contribution in [0, 0.1) is 5.82 Å². The minimum atomic E-state index is -3.75. The van der Waals surface area contributed by atoms with E-state index in [0.717, 1.165) is 36.2 Å². The average molecular weight is 328 g/mol. The number of benzene rings is 1. The van der Waals surface area contributed by atoms with Crippen LogP contribution in [-0.2, 0) is 14.8 Å². The highest BCUT2D eigenvalue weighted by Crippen LogP contribution is 2.24. The number of hydrogen-bond donors (Lipinski definition) is 0. The van der Waals surface area contributed by atoms with E-state index in [1.54, 1.807) is 18.0 Å². The van der Waals surface area contributed by atoms with Crippen LogP contribution in [0.3, 0.4) is 0 Å². The topological polar surface area (TPSA) is 57.7 Å². The molecule has 0 aliphatic heterocycles. The third kappa shape index (κ3) is 3.76. The third-order valence-electron chi connectivity index (χ3n) is 4.07. The van der Waals surface area contributed by atoms with Crippen molar-refractivity contribution in [1.29, 1.82) is 0 Å². The minimum absolute atomic E-state index is 0.0989. The molecule has 22 heavy (non-hydrogen) atoms. The second-order valence-corrected chi connectivity index (χ2v) is 7.57. The van der Waals surface area contributed by atoms with Gasteiger partial charge in [0.2, 0.25) is 15.9 Å². The molecule has 0 spiro atoms. The summed E-state index contributed by atoms with van der Waals surface area (Å²) in [5, 5.41) is 0. The lowest BCUT2D eigenvalue weighted by molar-refractivity contribution is -0.130. The van der Waals surface area contributed by atoms with Gasteiger partial charge >= 0.3 is 0 Å². The summed E-state index contributed by atoms with van der Waals surface area (Å²) < 4.78 is 38.6. The van der Waals surface area contributed by atoms with Crippen LogP contribution in [0.4, 0.5) is 10.1 Å². The standard InChI is InChI=1S/C15H21FN2O3S/c1-17(12-7-3-4-8-12)15(19)11-18(22(2,20)21)14-10-6-5-9-13(14)16/h5-6,9-10,12H,3-4,7-8,11H2,1-2H3. The van der Waals surface area contributed by atoms with Crippen LogP contribution in [0.5, 0.6) is 0 Å². The number of amides is 1. The first-order valence-electron chi connectivity index (χ1n) is 7.28. The van der Waals surface area contributed by atoms with Crippen molar-refractivity contribution in [3.8, 4) is 0 Å². The van der Waals surface area contributed by atoms with E-state index >= 15 is 0 Å². The number of carbonyl (C=O) groups is 1. The molecule has 0 aromatic heterocycles. The molecule has 5 nitrogen and oxygen atoms in total. The van der Waals surface area contributed by atoms with Gasteiger partial charge < -0.3 is 4.90 Å². The SMILES string of the molecule is CN(C(=O)CN(c1ccccc1F)S(C)(=O)=O)C1CCCC1. The molecule has 1 amide bonds. The number of nitrogens with zero attached hydrogens (tertiary/aromatic N) is 2. The van der Waals surface area contributed by atoms with Crippen LogP contribution in [-0.4, -0.2) is 45.1 Å². The Hall–Kier alpha value is -1.63. The number of halogens is 1. The van der Waals surface area contributed by atoms with Gasteiger partial charge in [-0.2, -0.15) is 0 Å². The Morgan fingerprint density at radius 2 is 1.86 bits per heavy atom. The number of carbonyl (C=O) groups excluding carboxylic acids is 1. The zero-order valence-electron chi connectivity index (χ0n) is 12.8. The quantitative estimate of drug-likeness (QED) is 0.830. The lowest BCUT2D eigenvalue weighted by Crippen LogP contribution is -2.44. The van der Waals surface area contributed by atoms with E-state index in [9.17, 15) is 17.6 Å². The van der Waals surface area contributed by atoms with Crippen molar-refractivity contribution in [3.63, 3.8) is 0 Å². The Labute approximate surface area is 130 Å². The van der Waals surface area contributed by atoms with E-state index in [4.69, 9.17) is 0 Å². The Morgan fingerprint density at radius 1 is 1.27 bits per heavy atom. The maximum Gasteiger partial charge on any atom is 0.243 e. The monoisotopic (exact) mass is 328 g/mol.